The van der Waals surface area contributed by atoms with Gasteiger partial charge in [0.25, 0.3) is 5.56 Å². The molecule has 0 saturated carbocycles. The van der Waals surface area contributed by atoms with Crippen molar-refractivity contribution in [2.45, 2.75) is 19.4 Å². The van der Waals surface area contributed by atoms with E-state index in [0.29, 0.717) is 34.9 Å². The van der Waals surface area contributed by atoms with Gasteiger partial charge in [-0.25, -0.2) is 19.3 Å². The predicted molar refractivity (Wildman–Crippen MR) is 118 cm³/mol. The van der Waals surface area contributed by atoms with E-state index in [1.807, 2.05) is 31.2 Å². The maximum atomic E-state index is 14.6. The van der Waals surface area contributed by atoms with Crippen LogP contribution in [0.5, 0.6) is 0 Å². The molecule has 2 aromatic carbocycles. The molecular formula is C23H19FN6O. The average Bonchev–Trinajstić information content (AvgIpc) is 3.27. The molecule has 0 radical (unpaired) electrons. The third kappa shape index (κ3) is 3.22. The molecule has 2 N–H and O–H groups in total. The second kappa shape index (κ2) is 7.64. The Labute approximate surface area is 176 Å². The van der Waals surface area contributed by atoms with Gasteiger partial charge in [0.15, 0.2) is 0 Å². The molecule has 5 aromatic rings. The minimum atomic E-state index is -0.586. The number of halogens is 1. The summed E-state index contributed by atoms with van der Waals surface area (Å²) in [5.74, 6) is 0.530. The van der Waals surface area contributed by atoms with Gasteiger partial charge in [0.2, 0.25) is 0 Å². The Kier molecular flexibility index (Phi) is 4.66. The summed E-state index contributed by atoms with van der Waals surface area (Å²) >= 11 is 0. The van der Waals surface area contributed by atoms with Gasteiger partial charge in [0.05, 0.1) is 22.6 Å². The highest BCUT2D eigenvalue weighted by Gasteiger charge is 2.22. The summed E-state index contributed by atoms with van der Waals surface area (Å²) < 4.78 is 16.0. The van der Waals surface area contributed by atoms with Crippen LogP contribution in [0.4, 0.5) is 10.2 Å². The molecule has 0 aliphatic heterocycles. The first-order chi connectivity index (χ1) is 15.2. The highest BCUT2D eigenvalue weighted by molar-refractivity contribution is 5.86. The molecule has 0 amide bonds. The highest BCUT2D eigenvalue weighted by Crippen LogP contribution is 2.27. The Hall–Kier alpha value is -4.07. The van der Waals surface area contributed by atoms with Crippen molar-refractivity contribution in [3.63, 3.8) is 0 Å². The number of benzene rings is 2. The van der Waals surface area contributed by atoms with Crippen LogP contribution in [-0.2, 0) is 0 Å². The van der Waals surface area contributed by atoms with Crippen molar-refractivity contribution < 1.29 is 4.39 Å². The number of fused-ring (bicyclic) bond motifs is 2. The molecule has 0 aliphatic carbocycles. The van der Waals surface area contributed by atoms with Gasteiger partial charge in [-0.3, -0.25) is 9.36 Å². The first-order valence-electron chi connectivity index (χ1n) is 9.98. The number of rotatable bonds is 5. The third-order valence-corrected chi connectivity index (χ3v) is 5.27. The summed E-state index contributed by atoms with van der Waals surface area (Å²) in [5, 5.41) is 4.21. The zero-order valence-corrected chi connectivity index (χ0v) is 16.7. The predicted octanol–water partition coefficient (Wildman–Crippen LogP) is 4.36. The van der Waals surface area contributed by atoms with Gasteiger partial charge < -0.3 is 10.3 Å². The summed E-state index contributed by atoms with van der Waals surface area (Å²) in [5.41, 5.74) is 1.21. The average molecular weight is 414 g/mol. The van der Waals surface area contributed by atoms with E-state index in [0.717, 1.165) is 5.39 Å². The lowest BCUT2D eigenvalue weighted by molar-refractivity contribution is 0.630. The van der Waals surface area contributed by atoms with Crippen LogP contribution in [0.1, 0.15) is 25.2 Å². The summed E-state index contributed by atoms with van der Waals surface area (Å²) in [7, 11) is 0. The monoisotopic (exact) mass is 414 g/mol. The molecule has 0 bridgehead atoms. The quantitative estimate of drug-likeness (QED) is 0.446. The SMILES string of the molecule is CCC(Nc1ncnc2[nH]ccc12)c1nc2cccc(F)c2c(=O)n1-c1ccccc1. The number of hydrogen-bond donors (Lipinski definition) is 2. The molecule has 31 heavy (non-hydrogen) atoms. The van der Waals surface area contributed by atoms with Gasteiger partial charge in [-0.05, 0) is 36.8 Å². The molecule has 3 aromatic heterocycles. The van der Waals surface area contributed by atoms with E-state index in [9.17, 15) is 9.18 Å². The van der Waals surface area contributed by atoms with Crippen molar-refractivity contribution in [3.05, 3.63) is 89.1 Å². The van der Waals surface area contributed by atoms with Crippen molar-refractivity contribution in [1.29, 1.82) is 0 Å². The van der Waals surface area contributed by atoms with Crippen LogP contribution in [0.2, 0.25) is 0 Å². The van der Waals surface area contributed by atoms with Gasteiger partial charge in [-0.1, -0.05) is 31.2 Å². The van der Waals surface area contributed by atoms with Crippen LogP contribution in [0.25, 0.3) is 27.6 Å². The fourth-order valence-corrected chi connectivity index (χ4v) is 3.77. The lowest BCUT2D eigenvalue weighted by Crippen LogP contribution is -2.28. The number of anilines is 1. The minimum absolute atomic E-state index is 0.0278. The standard InChI is InChI=1S/C23H19FN6O/c1-2-17(28-21-15-11-12-25-20(15)26-13-27-21)22-29-18-10-6-9-16(24)19(18)23(31)30(22)14-7-4-3-5-8-14/h3-13,17H,2H2,1H3,(H2,25,26,27,28). The molecule has 8 heteroatoms. The molecular weight excluding hydrogens is 395 g/mol. The smallest absolute Gasteiger partial charge is 0.269 e. The summed E-state index contributed by atoms with van der Waals surface area (Å²) in [6.45, 7) is 1.99. The number of hydrogen-bond acceptors (Lipinski definition) is 5. The molecule has 154 valence electrons. The van der Waals surface area contributed by atoms with Gasteiger partial charge in [-0.2, -0.15) is 0 Å². The van der Waals surface area contributed by atoms with Gasteiger partial charge >= 0.3 is 0 Å². The minimum Gasteiger partial charge on any atom is -0.359 e. The number of aromatic amines is 1. The van der Waals surface area contributed by atoms with Crippen molar-refractivity contribution in [2.24, 2.45) is 0 Å². The molecule has 0 saturated heterocycles. The maximum Gasteiger partial charge on any atom is 0.269 e. The Balaban J connectivity index is 1.74. The first kappa shape index (κ1) is 18.9. The van der Waals surface area contributed by atoms with E-state index in [4.69, 9.17) is 4.98 Å². The second-order valence-electron chi connectivity index (χ2n) is 7.15. The van der Waals surface area contributed by atoms with E-state index < -0.39 is 11.4 Å². The van der Waals surface area contributed by atoms with Gasteiger partial charge in [0, 0.05) is 6.20 Å². The Bertz CT molecular complexity index is 1440. The van der Waals surface area contributed by atoms with Crippen molar-refractivity contribution in [1.82, 2.24) is 24.5 Å². The fraction of sp³-hybridized carbons (Fsp3) is 0.130. The highest BCUT2D eigenvalue weighted by atomic mass is 19.1. The van der Waals surface area contributed by atoms with Crippen LogP contribution >= 0.6 is 0 Å². The van der Waals surface area contributed by atoms with Crippen molar-refractivity contribution >= 4 is 27.8 Å². The molecule has 1 unspecified atom stereocenters. The first-order valence-corrected chi connectivity index (χ1v) is 9.98. The summed E-state index contributed by atoms with van der Waals surface area (Å²) in [6.07, 6.45) is 3.89. The second-order valence-corrected chi connectivity index (χ2v) is 7.15. The zero-order valence-electron chi connectivity index (χ0n) is 16.7. The Morgan fingerprint density at radius 2 is 1.94 bits per heavy atom. The Morgan fingerprint density at radius 1 is 1.10 bits per heavy atom. The molecule has 1 atom stereocenters. The van der Waals surface area contributed by atoms with Crippen molar-refractivity contribution in [2.75, 3.05) is 5.32 Å². The van der Waals surface area contributed by atoms with E-state index in [1.165, 1.54) is 17.0 Å². The molecule has 7 nitrogen and oxygen atoms in total. The Morgan fingerprint density at radius 3 is 2.74 bits per heavy atom. The lowest BCUT2D eigenvalue weighted by atomic mass is 10.1. The van der Waals surface area contributed by atoms with E-state index >= 15 is 0 Å². The number of nitrogens with zero attached hydrogens (tertiary/aromatic N) is 4. The van der Waals surface area contributed by atoms with Gasteiger partial charge in [0.1, 0.15) is 34.8 Å². The van der Waals surface area contributed by atoms with Crippen molar-refractivity contribution in [3.8, 4) is 5.69 Å². The molecule has 0 fully saturated rings. The maximum absolute atomic E-state index is 14.6. The van der Waals surface area contributed by atoms with E-state index in [2.05, 4.69) is 20.3 Å². The summed E-state index contributed by atoms with van der Waals surface area (Å²) in [6, 6.07) is 15.2. The van der Waals surface area contributed by atoms with Crippen LogP contribution in [0.15, 0.2) is 71.9 Å². The summed E-state index contributed by atoms with van der Waals surface area (Å²) in [4.78, 5) is 29.8. The number of H-pyrrole nitrogens is 1. The topological polar surface area (TPSA) is 88.5 Å². The number of para-hydroxylation sites is 1. The van der Waals surface area contributed by atoms with Gasteiger partial charge in [-0.15, -0.1) is 0 Å². The van der Waals surface area contributed by atoms with Crippen LogP contribution in [-0.4, -0.2) is 24.5 Å². The van der Waals surface area contributed by atoms with E-state index in [1.54, 1.807) is 30.5 Å². The number of nitrogens with one attached hydrogen (secondary N) is 2. The van der Waals surface area contributed by atoms with E-state index in [-0.39, 0.29) is 11.4 Å². The zero-order chi connectivity index (χ0) is 21.4. The normalized spacial score (nSPS) is 12.3. The molecule has 5 rings (SSSR count). The number of aromatic nitrogens is 5. The molecule has 0 spiro atoms. The van der Waals surface area contributed by atoms with Crippen LogP contribution < -0.4 is 10.9 Å². The largest absolute Gasteiger partial charge is 0.359 e. The molecule has 3 heterocycles. The molecule has 0 aliphatic rings. The van der Waals surface area contributed by atoms with Crippen LogP contribution in [0, 0.1) is 5.82 Å². The fourth-order valence-electron chi connectivity index (χ4n) is 3.77. The lowest BCUT2D eigenvalue weighted by Gasteiger charge is -2.22. The van der Waals surface area contributed by atoms with Crippen LogP contribution in [0.3, 0.4) is 0 Å². The third-order valence-electron chi connectivity index (χ3n) is 5.27.